The summed E-state index contributed by atoms with van der Waals surface area (Å²) in [5.41, 5.74) is 0. The molecule has 29 heavy (non-hydrogen) atoms. The molecule has 2 heterocycles. The highest BCUT2D eigenvalue weighted by molar-refractivity contribution is 7.89. The van der Waals surface area contributed by atoms with E-state index in [0.717, 1.165) is 42.8 Å². The zero-order chi connectivity index (χ0) is 20.4. The Kier molecular flexibility index (Phi) is 5.72. The van der Waals surface area contributed by atoms with Gasteiger partial charge in [0, 0.05) is 57.6 Å². The molecule has 0 atom stereocenters. The van der Waals surface area contributed by atoms with Crippen molar-refractivity contribution in [1.29, 1.82) is 0 Å². The molecule has 6 nitrogen and oxygen atoms in total. The van der Waals surface area contributed by atoms with Crippen LogP contribution in [-0.4, -0.2) is 59.9 Å². The van der Waals surface area contributed by atoms with Crippen molar-refractivity contribution < 1.29 is 8.42 Å². The second-order valence-corrected chi connectivity index (χ2v) is 9.83. The highest BCUT2D eigenvalue weighted by atomic mass is 32.2. The zero-order valence-corrected chi connectivity index (χ0v) is 17.8. The summed E-state index contributed by atoms with van der Waals surface area (Å²) in [5.74, 6) is 1.50. The van der Waals surface area contributed by atoms with E-state index in [4.69, 9.17) is 0 Å². The van der Waals surface area contributed by atoms with Crippen molar-refractivity contribution in [2.45, 2.75) is 31.2 Å². The van der Waals surface area contributed by atoms with E-state index in [2.05, 4.69) is 28.3 Å². The van der Waals surface area contributed by atoms with Gasteiger partial charge in [0.2, 0.25) is 10.0 Å². The van der Waals surface area contributed by atoms with E-state index in [1.165, 1.54) is 0 Å². The van der Waals surface area contributed by atoms with E-state index >= 15 is 0 Å². The van der Waals surface area contributed by atoms with Gasteiger partial charge in [-0.2, -0.15) is 4.31 Å². The van der Waals surface area contributed by atoms with E-state index in [1.807, 2.05) is 42.7 Å². The fourth-order valence-corrected chi connectivity index (χ4v) is 5.39. The highest BCUT2D eigenvalue weighted by Crippen LogP contribution is 2.23. The number of hydrogen-bond acceptors (Lipinski definition) is 4. The predicted octanol–water partition coefficient (Wildman–Crippen LogP) is 3.17. The zero-order valence-electron chi connectivity index (χ0n) is 17.0. The van der Waals surface area contributed by atoms with Gasteiger partial charge in [-0.1, -0.05) is 44.2 Å². The Bertz CT molecular complexity index is 1080. The maximum absolute atomic E-state index is 13.1. The van der Waals surface area contributed by atoms with Gasteiger partial charge in [-0.3, -0.25) is 4.90 Å². The topological polar surface area (TPSA) is 58.4 Å². The van der Waals surface area contributed by atoms with Gasteiger partial charge in [0.1, 0.15) is 5.82 Å². The smallest absolute Gasteiger partial charge is 0.243 e. The Hall–Kier alpha value is -2.22. The van der Waals surface area contributed by atoms with Crippen LogP contribution >= 0.6 is 0 Å². The van der Waals surface area contributed by atoms with Crippen molar-refractivity contribution >= 4 is 20.8 Å². The Morgan fingerprint density at radius 1 is 0.966 bits per heavy atom. The number of fused-ring (bicyclic) bond motifs is 1. The van der Waals surface area contributed by atoms with Gasteiger partial charge in [0.25, 0.3) is 0 Å². The lowest BCUT2D eigenvalue weighted by Gasteiger charge is -2.34. The fraction of sp³-hybridized carbons (Fsp3) is 0.409. The summed E-state index contributed by atoms with van der Waals surface area (Å²) in [4.78, 5) is 7.15. The number of imidazole rings is 1. The van der Waals surface area contributed by atoms with Crippen molar-refractivity contribution in [3.8, 4) is 0 Å². The largest absolute Gasteiger partial charge is 0.333 e. The van der Waals surface area contributed by atoms with Crippen molar-refractivity contribution in [1.82, 2.24) is 18.8 Å². The third-order valence-corrected chi connectivity index (χ3v) is 7.51. The number of benzene rings is 2. The molecule has 1 aromatic heterocycles. The number of hydrogen-bond donors (Lipinski definition) is 0. The third-order valence-electron chi connectivity index (χ3n) is 5.61. The van der Waals surface area contributed by atoms with E-state index in [-0.39, 0.29) is 0 Å². The van der Waals surface area contributed by atoms with E-state index < -0.39 is 10.0 Å². The summed E-state index contributed by atoms with van der Waals surface area (Å²) in [6, 6.07) is 13.2. The lowest BCUT2D eigenvalue weighted by molar-refractivity contribution is 0.182. The second-order valence-electron chi connectivity index (χ2n) is 7.89. The van der Waals surface area contributed by atoms with Gasteiger partial charge < -0.3 is 4.57 Å². The Balaban J connectivity index is 1.38. The monoisotopic (exact) mass is 412 g/mol. The first-order valence-corrected chi connectivity index (χ1v) is 11.6. The Morgan fingerprint density at radius 2 is 1.69 bits per heavy atom. The standard InChI is InChI=1S/C22H28N4O2S/c1-18(2)22-23-9-10-25(22)14-11-24-12-15-26(16-13-24)29(27,28)21-8-7-19-5-3-4-6-20(19)17-21/h3-10,17-18H,11-16H2,1-2H3. The molecule has 0 unspecified atom stereocenters. The molecule has 0 radical (unpaired) electrons. The summed E-state index contributed by atoms with van der Waals surface area (Å²) in [7, 11) is -3.46. The van der Waals surface area contributed by atoms with Crippen LogP contribution in [-0.2, 0) is 16.6 Å². The number of piperazine rings is 1. The average molecular weight is 413 g/mol. The first-order valence-electron chi connectivity index (χ1n) is 10.2. The SMILES string of the molecule is CC(C)c1nccn1CCN1CCN(S(=O)(=O)c2ccc3ccccc3c2)CC1. The van der Waals surface area contributed by atoms with Gasteiger partial charge >= 0.3 is 0 Å². The summed E-state index contributed by atoms with van der Waals surface area (Å²) in [5, 5.41) is 2.00. The number of aromatic nitrogens is 2. The number of sulfonamides is 1. The summed E-state index contributed by atoms with van der Waals surface area (Å²) in [6.07, 6.45) is 3.87. The molecule has 0 spiro atoms. The Morgan fingerprint density at radius 3 is 2.41 bits per heavy atom. The molecule has 0 amide bonds. The van der Waals surface area contributed by atoms with Gasteiger partial charge in [0.05, 0.1) is 4.90 Å². The van der Waals surface area contributed by atoms with Crippen molar-refractivity contribution in [2.75, 3.05) is 32.7 Å². The molecule has 7 heteroatoms. The van der Waals surface area contributed by atoms with Crippen molar-refractivity contribution in [2.24, 2.45) is 0 Å². The molecule has 1 aliphatic heterocycles. The third kappa shape index (κ3) is 4.22. The maximum atomic E-state index is 13.1. The van der Waals surface area contributed by atoms with Gasteiger partial charge in [-0.15, -0.1) is 0 Å². The summed E-state index contributed by atoms with van der Waals surface area (Å²) >= 11 is 0. The van der Waals surface area contributed by atoms with Crippen LogP contribution in [0.4, 0.5) is 0 Å². The van der Waals surface area contributed by atoms with Crippen LogP contribution in [0.15, 0.2) is 59.8 Å². The van der Waals surface area contributed by atoms with Crippen LogP contribution in [0.25, 0.3) is 10.8 Å². The van der Waals surface area contributed by atoms with Crippen LogP contribution < -0.4 is 0 Å². The molecule has 4 rings (SSSR count). The predicted molar refractivity (Wildman–Crippen MR) is 115 cm³/mol. The van der Waals surface area contributed by atoms with Crippen LogP contribution in [0.3, 0.4) is 0 Å². The number of nitrogens with zero attached hydrogens (tertiary/aromatic N) is 4. The maximum Gasteiger partial charge on any atom is 0.243 e. The lowest BCUT2D eigenvalue weighted by Crippen LogP contribution is -2.49. The minimum Gasteiger partial charge on any atom is -0.333 e. The van der Waals surface area contributed by atoms with Crippen molar-refractivity contribution in [3.05, 3.63) is 60.7 Å². The van der Waals surface area contributed by atoms with Crippen LogP contribution in [0.2, 0.25) is 0 Å². The summed E-state index contributed by atoms with van der Waals surface area (Å²) in [6.45, 7) is 8.62. The minimum atomic E-state index is -3.46. The van der Waals surface area contributed by atoms with Gasteiger partial charge in [0.15, 0.2) is 0 Å². The molecule has 0 aliphatic carbocycles. The second kappa shape index (κ2) is 8.26. The minimum absolute atomic E-state index is 0.379. The van der Waals surface area contributed by atoms with E-state index in [1.54, 1.807) is 16.4 Å². The molecule has 0 saturated carbocycles. The highest BCUT2D eigenvalue weighted by Gasteiger charge is 2.28. The summed E-state index contributed by atoms with van der Waals surface area (Å²) < 4.78 is 30.0. The lowest BCUT2D eigenvalue weighted by atomic mass is 10.1. The van der Waals surface area contributed by atoms with Crippen LogP contribution in [0.1, 0.15) is 25.6 Å². The molecular weight excluding hydrogens is 384 g/mol. The molecule has 3 aromatic rings. The quantitative estimate of drug-likeness (QED) is 0.624. The van der Waals surface area contributed by atoms with Crippen LogP contribution in [0.5, 0.6) is 0 Å². The number of rotatable bonds is 6. The molecule has 154 valence electrons. The average Bonchev–Trinajstić information content (AvgIpc) is 3.21. The first-order chi connectivity index (χ1) is 13.9. The fourth-order valence-electron chi connectivity index (χ4n) is 3.93. The van der Waals surface area contributed by atoms with E-state index in [0.29, 0.717) is 23.9 Å². The molecule has 0 bridgehead atoms. The normalized spacial score (nSPS) is 16.7. The van der Waals surface area contributed by atoms with Gasteiger partial charge in [-0.05, 0) is 22.9 Å². The molecule has 1 fully saturated rings. The van der Waals surface area contributed by atoms with E-state index in [9.17, 15) is 8.42 Å². The molecule has 1 saturated heterocycles. The van der Waals surface area contributed by atoms with Gasteiger partial charge in [-0.25, -0.2) is 13.4 Å². The molecule has 1 aliphatic rings. The molecule has 2 aromatic carbocycles. The Labute approximate surface area is 172 Å². The van der Waals surface area contributed by atoms with Crippen LogP contribution in [0, 0.1) is 0 Å². The molecule has 0 N–H and O–H groups in total. The molecular formula is C22H28N4O2S. The van der Waals surface area contributed by atoms with Crippen molar-refractivity contribution in [3.63, 3.8) is 0 Å². The first kappa shape index (κ1) is 20.1.